The van der Waals surface area contributed by atoms with Crippen molar-refractivity contribution in [1.82, 2.24) is 20.2 Å². The van der Waals surface area contributed by atoms with Crippen molar-refractivity contribution in [3.63, 3.8) is 0 Å². The summed E-state index contributed by atoms with van der Waals surface area (Å²) in [6.45, 7) is 8.54. The minimum atomic E-state index is -0.628. The molecule has 4 aromatic rings. The average molecular weight is 704 g/mol. The highest BCUT2D eigenvalue weighted by Gasteiger charge is 2.47. The molecule has 0 bridgehead atoms. The quantitative estimate of drug-likeness (QED) is 0.210. The minimum Gasteiger partial charge on any atom is -0.455 e. The zero-order valence-electron chi connectivity index (χ0n) is 30.0. The monoisotopic (exact) mass is 703 g/mol. The van der Waals surface area contributed by atoms with Crippen LogP contribution in [0.3, 0.4) is 0 Å². The van der Waals surface area contributed by atoms with Gasteiger partial charge in [-0.2, -0.15) is 15.2 Å². The number of rotatable bonds is 9. The molecule has 12 nitrogen and oxygen atoms in total. The average Bonchev–Trinajstić information content (AvgIpc) is 3.91. The van der Waals surface area contributed by atoms with E-state index in [0.29, 0.717) is 32.6 Å². The summed E-state index contributed by atoms with van der Waals surface area (Å²) in [4.78, 5) is 42.0. The number of benzene rings is 3. The van der Waals surface area contributed by atoms with Gasteiger partial charge in [0.2, 0.25) is 0 Å². The molecule has 1 atom stereocenters. The summed E-state index contributed by atoms with van der Waals surface area (Å²) in [5.41, 5.74) is 2.71. The standard InChI is InChI=1S/C40H45N7O5/c1-39(2,3)52-37(48)42-27-40(18-19-40)51-36-43-33-25-45(34-15-9-13-29-12-7-8-14-31(29)34)21-17-32(33)35(44-36)46-22-23-47(30(24-46)16-20-41)38(49)50-26-28-10-5-4-6-11-28/h4-15,30H,16-19,21-27H2,1-3H3,(H,42,48)/t30-/m0/s1. The van der Waals surface area contributed by atoms with E-state index in [-0.39, 0.29) is 31.6 Å². The predicted molar refractivity (Wildman–Crippen MR) is 197 cm³/mol. The molecule has 0 spiro atoms. The molecule has 1 saturated carbocycles. The van der Waals surface area contributed by atoms with Crippen LogP contribution < -0.4 is 19.9 Å². The van der Waals surface area contributed by atoms with Crippen molar-refractivity contribution >= 4 is 34.5 Å². The lowest BCUT2D eigenvalue weighted by Gasteiger charge is -2.42. The van der Waals surface area contributed by atoms with Gasteiger partial charge in [0.25, 0.3) is 0 Å². The number of nitrogens with one attached hydrogen (secondary N) is 1. The third-order valence-corrected chi connectivity index (χ3v) is 9.75. The number of piperazine rings is 1. The molecule has 2 aliphatic heterocycles. The van der Waals surface area contributed by atoms with Gasteiger partial charge in [0.1, 0.15) is 23.6 Å². The third kappa shape index (κ3) is 7.99. The van der Waals surface area contributed by atoms with Crippen molar-refractivity contribution < 1.29 is 23.8 Å². The third-order valence-electron chi connectivity index (χ3n) is 9.75. The van der Waals surface area contributed by atoms with Crippen LogP contribution in [-0.4, -0.2) is 77.0 Å². The summed E-state index contributed by atoms with van der Waals surface area (Å²) in [6.07, 6.45) is 1.42. The van der Waals surface area contributed by atoms with Crippen LogP contribution in [0.2, 0.25) is 0 Å². The van der Waals surface area contributed by atoms with Gasteiger partial charge in [-0.3, -0.25) is 0 Å². The summed E-state index contributed by atoms with van der Waals surface area (Å²) >= 11 is 0. The molecule has 270 valence electrons. The molecule has 1 saturated heterocycles. The zero-order chi connectivity index (χ0) is 36.3. The summed E-state index contributed by atoms with van der Waals surface area (Å²) < 4.78 is 17.7. The molecule has 3 aromatic carbocycles. The van der Waals surface area contributed by atoms with Gasteiger partial charge in [-0.15, -0.1) is 0 Å². The van der Waals surface area contributed by atoms with Crippen LogP contribution in [0.5, 0.6) is 6.01 Å². The van der Waals surface area contributed by atoms with E-state index in [9.17, 15) is 14.9 Å². The minimum absolute atomic E-state index is 0.155. The van der Waals surface area contributed by atoms with Crippen LogP contribution in [0.25, 0.3) is 10.8 Å². The molecule has 1 aliphatic carbocycles. The van der Waals surface area contributed by atoms with Crippen molar-refractivity contribution in [2.24, 2.45) is 0 Å². The Morgan fingerprint density at radius 2 is 1.73 bits per heavy atom. The van der Waals surface area contributed by atoms with Gasteiger partial charge < -0.3 is 34.2 Å². The Morgan fingerprint density at radius 1 is 0.962 bits per heavy atom. The molecule has 2 amide bonds. The first-order valence-corrected chi connectivity index (χ1v) is 18.0. The highest BCUT2D eigenvalue weighted by Crippen LogP contribution is 2.41. The van der Waals surface area contributed by atoms with E-state index < -0.39 is 23.4 Å². The number of carbonyl (C=O) groups is 2. The molecule has 3 aliphatic rings. The number of carbonyl (C=O) groups excluding carboxylic acids is 2. The Morgan fingerprint density at radius 3 is 2.50 bits per heavy atom. The Hall–Kier alpha value is -5.57. The number of fused-ring (bicyclic) bond motifs is 2. The van der Waals surface area contributed by atoms with Crippen molar-refractivity contribution in [3.8, 4) is 12.1 Å². The smallest absolute Gasteiger partial charge is 0.410 e. The summed E-state index contributed by atoms with van der Waals surface area (Å²) in [5, 5.41) is 15.0. The molecule has 1 N–H and O–H groups in total. The molecular weight excluding hydrogens is 658 g/mol. The molecule has 52 heavy (non-hydrogen) atoms. The van der Waals surface area contributed by atoms with Gasteiger partial charge >= 0.3 is 18.2 Å². The number of nitriles is 1. The Labute approximate surface area is 304 Å². The van der Waals surface area contributed by atoms with E-state index in [2.05, 4.69) is 63.7 Å². The normalized spacial score (nSPS) is 17.9. The Bertz CT molecular complexity index is 1970. The summed E-state index contributed by atoms with van der Waals surface area (Å²) in [6, 6.07) is 26.4. The molecule has 7 rings (SSSR count). The fourth-order valence-corrected chi connectivity index (χ4v) is 6.95. The van der Waals surface area contributed by atoms with Gasteiger partial charge in [0.05, 0.1) is 37.3 Å². The number of hydrogen-bond acceptors (Lipinski definition) is 10. The van der Waals surface area contributed by atoms with Crippen LogP contribution >= 0.6 is 0 Å². The first kappa shape index (κ1) is 34.9. The maximum Gasteiger partial charge on any atom is 0.410 e. The first-order valence-electron chi connectivity index (χ1n) is 18.0. The van der Waals surface area contributed by atoms with E-state index in [0.717, 1.165) is 47.7 Å². The first-order chi connectivity index (χ1) is 25.1. The molecular formula is C40H45N7O5. The van der Waals surface area contributed by atoms with Gasteiger partial charge in [-0.1, -0.05) is 66.7 Å². The number of nitrogens with zero attached hydrogens (tertiary/aromatic N) is 6. The van der Waals surface area contributed by atoms with Crippen LogP contribution in [0.4, 0.5) is 21.1 Å². The Balaban J connectivity index is 1.15. The highest BCUT2D eigenvalue weighted by atomic mass is 16.6. The molecule has 0 unspecified atom stereocenters. The van der Waals surface area contributed by atoms with Crippen molar-refractivity contribution in [2.45, 2.75) is 76.9 Å². The van der Waals surface area contributed by atoms with Gasteiger partial charge in [-0.25, -0.2) is 9.59 Å². The fourth-order valence-electron chi connectivity index (χ4n) is 6.95. The van der Waals surface area contributed by atoms with Gasteiger partial charge in [0.15, 0.2) is 0 Å². The predicted octanol–water partition coefficient (Wildman–Crippen LogP) is 6.37. The molecule has 12 heteroatoms. The van der Waals surface area contributed by atoms with Crippen molar-refractivity contribution in [2.75, 3.05) is 42.5 Å². The maximum atomic E-state index is 13.3. The number of aromatic nitrogens is 2. The molecule has 1 aromatic heterocycles. The second-order valence-corrected chi connectivity index (χ2v) is 14.8. The van der Waals surface area contributed by atoms with Gasteiger partial charge in [-0.05, 0) is 57.0 Å². The Kier molecular flexibility index (Phi) is 9.77. The molecule has 3 heterocycles. The zero-order valence-corrected chi connectivity index (χ0v) is 30.0. The van der Waals surface area contributed by atoms with Crippen LogP contribution in [0.15, 0.2) is 72.8 Å². The van der Waals surface area contributed by atoms with Crippen molar-refractivity contribution in [1.29, 1.82) is 5.26 Å². The number of alkyl carbamates (subject to hydrolysis) is 1. The van der Waals surface area contributed by atoms with Crippen LogP contribution in [0, 0.1) is 11.3 Å². The summed E-state index contributed by atoms with van der Waals surface area (Å²) in [5.74, 6) is 0.758. The lowest BCUT2D eigenvalue weighted by Crippen LogP contribution is -2.55. The highest BCUT2D eigenvalue weighted by molar-refractivity contribution is 5.94. The van der Waals surface area contributed by atoms with Crippen LogP contribution in [-0.2, 0) is 29.0 Å². The van der Waals surface area contributed by atoms with E-state index in [1.807, 2.05) is 51.1 Å². The molecule has 2 fully saturated rings. The number of hydrogen-bond donors (Lipinski definition) is 1. The number of ether oxygens (including phenoxy) is 3. The largest absolute Gasteiger partial charge is 0.455 e. The second kappa shape index (κ2) is 14.6. The topological polar surface area (TPSA) is 133 Å². The van der Waals surface area contributed by atoms with Gasteiger partial charge in [0, 0.05) is 42.8 Å². The summed E-state index contributed by atoms with van der Waals surface area (Å²) in [7, 11) is 0. The SMILES string of the molecule is CC(C)(C)OC(=O)NCC1(Oc2nc3c(c(N4CCN(C(=O)OCc5ccccc5)[C@@H](CC#N)C4)n2)CCN(c2cccc4ccccc24)C3)CC1. The van der Waals surface area contributed by atoms with E-state index in [4.69, 9.17) is 24.2 Å². The number of anilines is 2. The number of amides is 2. The lowest BCUT2D eigenvalue weighted by molar-refractivity contribution is 0.0486. The fraction of sp³-hybridized carbons (Fsp3) is 0.425. The molecule has 0 radical (unpaired) electrons. The van der Waals surface area contributed by atoms with E-state index in [1.54, 1.807) is 4.90 Å². The maximum absolute atomic E-state index is 13.3. The van der Waals surface area contributed by atoms with E-state index in [1.165, 1.54) is 10.8 Å². The lowest BCUT2D eigenvalue weighted by atomic mass is 10.0. The van der Waals surface area contributed by atoms with Crippen LogP contribution in [0.1, 0.15) is 56.9 Å². The second-order valence-electron chi connectivity index (χ2n) is 14.8. The van der Waals surface area contributed by atoms with E-state index >= 15 is 0 Å². The van der Waals surface area contributed by atoms with Crippen molar-refractivity contribution in [3.05, 3.63) is 89.6 Å².